The van der Waals surface area contributed by atoms with Gasteiger partial charge in [-0.2, -0.15) is 0 Å². The quantitative estimate of drug-likeness (QED) is 0.172. The molecule has 0 heterocycles. The molecule has 0 amide bonds. The third-order valence-corrected chi connectivity index (χ3v) is 4.28. The van der Waals surface area contributed by atoms with Gasteiger partial charge in [-0.3, -0.25) is 0 Å². The molecular formula is C18H35BrO3. The predicted molar refractivity (Wildman–Crippen MR) is 96.8 cm³/mol. The Balaban J connectivity index is 3.13. The lowest BCUT2D eigenvalue weighted by Gasteiger charge is -2.06. The molecule has 0 spiro atoms. The molecule has 0 fully saturated rings. The fourth-order valence-electron chi connectivity index (χ4n) is 2.32. The number of carbonyl (C=O) groups excluding carboxylic acids is 1. The van der Waals surface area contributed by atoms with Crippen molar-refractivity contribution < 1.29 is 14.3 Å². The average molecular weight is 379 g/mol. The van der Waals surface area contributed by atoms with Gasteiger partial charge in [-0.1, -0.05) is 87.1 Å². The van der Waals surface area contributed by atoms with Crippen LogP contribution in [0.4, 0.5) is 4.79 Å². The van der Waals surface area contributed by atoms with E-state index in [-0.39, 0.29) is 0 Å². The minimum atomic E-state index is -0.495. The molecule has 4 heteroatoms. The van der Waals surface area contributed by atoms with Gasteiger partial charge in [0, 0.05) is 5.33 Å². The zero-order valence-electron chi connectivity index (χ0n) is 14.4. The Kier molecular flexibility index (Phi) is 18.6. The molecule has 0 saturated carbocycles. The van der Waals surface area contributed by atoms with Gasteiger partial charge in [0.05, 0.1) is 13.2 Å². The Bertz CT molecular complexity index is 212. The molecule has 0 aromatic rings. The number of rotatable bonds is 16. The van der Waals surface area contributed by atoms with Crippen LogP contribution in [0, 0.1) is 0 Å². The fraction of sp³-hybridized carbons (Fsp3) is 0.944. The number of hydrogen-bond acceptors (Lipinski definition) is 3. The summed E-state index contributed by atoms with van der Waals surface area (Å²) in [5, 5.41) is 1.10. The number of ether oxygens (including phenoxy) is 2. The van der Waals surface area contributed by atoms with E-state index in [1.807, 2.05) is 0 Å². The van der Waals surface area contributed by atoms with Crippen LogP contribution in [-0.4, -0.2) is 24.7 Å². The van der Waals surface area contributed by atoms with E-state index in [2.05, 4.69) is 22.9 Å². The van der Waals surface area contributed by atoms with E-state index in [9.17, 15) is 4.79 Å². The summed E-state index contributed by atoms with van der Waals surface area (Å²) in [5.74, 6) is 0. The van der Waals surface area contributed by atoms with Gasteiger partial charge in [0.1, 0.15) is 0 Å². The van der Waals surface area contributed by atoms with E-state index in [1.54, 1.807) is 0 Å². The molecule has 0 aliphatic carbocycles. The van der Waals surface area contributed by atoms with Gasteiger partial charge in [-0.05, 0) is 19.3 Å². The highest BCUT2D eigenvalue weighted by Gasteiger charge is 2.02. The summed E-state index contributed by atoms with van der Waals surface area (Å²) < 4.78 is 10.1. The Hall–Kier alpha value is -0.250. The molecule has 0 saturated heterocycles. The first kappa shape index (κ1) is 21.8. The van der Waals surface area contributed by atoms with Crippen molar-refractivity contribution in [1.29, 1.82) is 0 Å². The molecule has 22 heavy (non-hydrogen) atoms. The molecule has 0 aromatic heterocycles. The van der Waals surface area contributed by atoms with Crippen molar-refractivity contribution >= 4 is 22.1 Å². The summed E-state index contributed by atoms with van der Waals surface area (Å²) >= 11 is 3.43. The van der Waals surface area contributed by atoms with Crippen LogP contribution in [0.5, 0.6) is 0 Å². The number of halogens is 1. The molecule has 0 aliphatic rings. The van der Waals surface area contributed by atoms with E-state index < -0.39 is 6.16 Å². The Morgan fingerprint density at radius 2 is 1.09 bits per heavy atom. The number of unbranched alkanes of at least 4 members (excludes halogenated alkanes) is 11. The van der Waals surface area contributed by atoms with Gasteiger partial charge in [0.15, 0.2) is 0 Å². The van der Waals surface area contributed by atoms with Crippen molar-refractivity contribution in [3.05, 3.63) is 0 Å². The van der Waals surface area contributed by atoms with Crippen LogP contribution >= 0.6 is 15.9 Å². The molecule has 0 bridgehead atoms. The number of hydrogen-bond donors (Lipinski definition) is 0. The lowest BCUT2D eigenvalue weighted by atomic mass is 10.1. The smallest absolute Gasteiger partial charge is 0.434 e. The predicted octanol–water partition coefficient (Wildman–Crippen LogP) is 6.63. The van der Waals surface area contributed by atoms with Crippen molar-refractivity contribution in [2.24, 2.45) is 0 Å². The highest BCUT2D eigenvalue weighted by atomic mass is 79.9. The summed E-state index contributed by atoms with van der Waals surface area (Å²) in [6.07, 6.45) is 15.2. The van der Waals surface area contributed by atoms with E-state index in [1.165, 1.54) is 57.8 Å². The minimum Gasteiger partial charge on any atom is -0.434 e. The second-order valence-electron chi connectivity index (χ2n) is 5.88. The van der Waals surface area contributed by atoms with Crippen molar-refractivity contribution in [1.82, 2.24) is 0 Å². The molecule has 0 aliphatic heterocycles. The summed E-state index contributed by atoms with van der Waals surface area (Å²) in [6.45, 7) is 3.22. The van der Waals surface area contributed by atoms with Gasteiger partial charge < -0.3 is 9.47 Å². The Labute approximate surface area is 145 Å². The highest BCUT2D eigenvalue weighted by Crippen LogP contribution is 2.08. The van der Waals surface area contributed by atoms with Crippen LogP contribution in [0.2, 0.25) is 0 Å². The van der Waals surface area contributed by atoms with Crippen LogP contribution in [0.25, 0.3) is 0 Å². The first-order chi connectivity index (χ1) is 10.8. The van der Waals surface area contributed by atoms with Crippen molar-refractivity contribution in [3.63, 3.8) is 0 Å². The van der Waals surface area contributed by atoms with Gasteiger partial charge in [-0.25, -0.2) is 4.79 Å². The maximum Gasteiger partial charge on any atom is 0.508 e. The lowest BCUT2D eigenvalue weighted by Crippen LogP contribution is -2.09. The molecule has 0 atom stereocenters. The topological polar surface area (TPSA) is 35.5 Å². The molecular weight excluding hydrogens is 344 g/mol. The third-order valence-electron chi connectivity index (χ3n) is 3.72. The standard InChI is InChI=1S/C18H35BrO3/c1-2-3-4-5-7-10-13-16-21-18(20)22-17-14-11-8-6-9-12-15-19/h2-17H2,1H3. The summed E-state index contributed by atoms with van der Waals surface area (Å²) in [5.41, 5.74) is 0. The van der Waals surface area contributed by atoms with Crippen LogP contribution in [-0.2, 0) is 9.47 Å². The summed E-state index contributed by atoms with van der Waals surface area (Å²) in [4.78, 5) is 11.3. The van der Waals surface area contributed by atoms with Crippen molar-refractivity contribution in [3.8, 4) is 0 Å². The molecule has 132 valence electrons. The molecule has 0 aromatic carbocycles. The van der Waals surface area contributed by atoms with E-state index in [0.717, 1.165) is 31.0 Å². The second kappa shape index (κ2) is 18.8. The first-order valence-corrected chi connectivity index (χ1v) is 10.3. The minimum absolute atomic E-state index is 0.494. The number of carbonyl (C=O) groups is 1. The fourth-order valence-corrected chi connectivity index (χ4v) is 2.71. The first-order valence-electron chi connectivity index (χ1n) is 9.16. The molecule has 0 unspecified atom stereocenters. The monoisotopic (exact) mass is 378 g/mol. The second-order valence-corrected chi connectivity index (χ2v) is 6.67. The third kappa shape index (κ3) is 17.8. The van der Waals surface area contributed by atoms with Crippen LogP contribution in [0.1, 0.15) is 90.4 Å². The van der Waals surface area contributed by atoms with Gasteiger partial charge in [0.2, 0.25) is 0 Å². The van der Waals surface area contributed by atoms with Crippen LogP contribution in [0.15, 0.2) is 0 Å². The van der Waals surface area contributed by atoms with E-state index in [4.69, 9.17) is 9.47 Å². The molecule has 3 nitrogen and oxygen atoms in total. The zero-order valence-corrected chi connectivity index (χ0v) is 16.0. The van der Waals surface area contributed by atoms with Gasteiger partial charge in [-0.15, -0.1) is 0 Å². The van der Waals surface area contributed by atoms with Gasteiger partial charge in [0.25, 0.3) is 0 Å². The lowest BCUT2D eigenvalue weighted by molar-refractivity contribution is 0.0529. The summed E-state index contributed by atoms with van der Waals surface area (Å²) in [6, 6.07) is 0. The van der Waals surface area contributed by atoms with Gasteiger partial charge >= 0.3 is 6.16 Å². The van der Waals surface area contributed by atoms with Crippen molar-refractivity contribution in [2.75, 3.05) is 18.5 Å². The van der Waals surface area contributed by atoms with E-state index >= 15 is 0 Å². The molecule has 0 N–H and O–H groups in total. The van der Waals surface area contributed by atoms with E-state index in [0.29, 0.717) is 13.2 Å². The molecule has 0 rings (SSSR count). The van der Waals surface area contributed by atoms with Crippen LogP contribution in [0.3, 0.4) is 0 Å². The summed E-state index contributed by atoms with van der Waals surface area (Å²) in [7, 11) is 0. The van der Waals surface area contributed by atoms with Crippen LogP contribution < -0.4 is 0 Å². The maximum atomic E-state index is 11.3. The molecule has 0 radical (unpaired) electrons. The Morgan fingerprint density at radius 1 is 0.682 bits per heavy atom. The Morgan fingerprint density at radius 3 is 1.55 bits per heavy atom. The normalized spacial score (nSPS) is 10.6. The zero-order chi connectivity index (χ0) is 16.3. The SMILES string of the molecule is CCCCCCCCCOC(=O)OCCCCCCCCBr. The maximum absolute atomic E-state index is 11.3. The average Bonchev–Trinajstić information content (AvgIpc) is 2.52. The number of alkyl halides is 1. The van der Waals surface area contributed by atoms with Crippen molar-refractivity contribution in [2.45, 2.75) is 90.4 Å². The largest absolute Gasteiger partial charge is 0.508 e. The highest BCUT2D eigenvalue weighted by molar-refractivity contribution is 9.09.